The summed E-state index contributed by atoms with van der Waals surface area (Å²) >= 11 is 6.50. The maximum atomic E-state index is 13.1. The van der Waals surface area contributed by atoms with Gasteiger partial charge in [-0.05, 0) is 36.8 Å². The van der Waals surface area contributed by atoms with Crippen molar-refractivity contribution >= 4 is 11.6 Å². The van der Waals surface area contributed by atoms with Crippen LogP contribution in [0, 0.1) is 5.82 Å². The predicted molar refractivity (Wildman–Crippen MR) is 110 cm³/mol. The highest BCUT2D eigenvalue weighted by molar-refractivity contribution is 6.32. The summed E-state index contributed by atoms with van der Waals surface area (Å²) < 4.78 is 30.1. The molecule has 0 bridgehead atoms. The number of rotatable bonds is 10. The zero-order chi connectivity index (χ0) is 20.5. The Morgan fingerprint density at radius 1 is 1.10 bits per heavy atom. The summed E-state index contributed by atoms with van der Waals surface area (Å²) in [6, 6.07) is 10.2. The van der Waals surface area contributed by atoms with E-state index in [9.17, 15) is 4.39 Å². The zero-order valence-corrected chi connectivity index (χ0v) is 17.6. The van der Waals surface area contributed by atoms with E-state index in [2.05, 4.69) is 5.32 Å². The second-order valence-corrected chi connectivity index (χ2v) is 7.55. The first-order chi connectivity index (χ1) is 14.2. The van der Waals surface area contributed by atoms with E-state index in [1.54, 1.807) is 17.0 Å². The lowest BCUT2D eigenvalue weighted by Crippen LogP contribution is -3.16. The van der Waals surface area contributed by atoms with Crippen LogP contribution in [-0.4, -0.2) is 46.0 Å². The van der Waals surface area contributed by atoms with Crippen molar-refractivity contribution in [2.24, 2.45) is 0 Å². The van der Waals surface area contributed by atoms with Gasteiger partial charge in [0.1, 0.15) is 45.1 Å². The minimum Gasteiger partial charge on any atom is -0.490 e. The number of morpholine rings is 1. The first kappa shape index (κ1) is 21.8. The average molecular weight is 425 g/mol. The van der Waals surface area contributed by atoms with Crippen LogP contribution in [0.3, 0.4) is 0 Å². The molecule has 1 fully saturated rings. The molecule has 1 saturated heterocycles. The fourth-order valence-electron chi connectivity index (χ4n) is 3.36. The number of nitrogens with two attached hydrogens (primary N) is 1. The number of hydrogen-bond donors (Lipinski definition) is 2. The van der Waals surface area contributed by atoms with Crippen molar-refractivity contribution in [2.75, 3.05) is 46.0 Å². The number of benzene rings is 2. The van der Waals surface area contributed by atoms with Gasteiger partial charge in [-0.3, -0.25) is 0 Å². The highest BCUT2D eigenvalue weighted by Gasteiger charge is 2.16. The fourth-order valence-corrected chi connectivity index (χ4v) is 3.65. The first-order valence-corrected chi connectivity index (χ1v) is 10.6. The highest BCUT2D eigenvalue weighted by atomic mass is 35.5. The molecule has 0 amide bonds. The Hall–Kier alpha value is -1.86. The standard InChI is InChI=1S/C22H28ClFN2O3/c1-2-28-21-14-18(15-25-7-8-26-9-11-27-12-10-26)13-20(23)22(21)29-16-17-3-5-19(24)6-4-17/h3-6,13-14,25H,2,7-12,15-16H2,1H3/p+2. The van der Waals surface area contributed by atoms with Crippen LogP contribution in [0.25, 0.3) is 0 Å². The second-order valence-electron chi connectivity index (χ2n) is 7.15. The van der Waals surface area contributed by atoms with Crippen molar-refractivity contribution in [3.05, 3.63) is 58.4 Å². The van der Waals surface area contributed by atoms with Crippen LogP contribution in [-0.2, 0) is 17.9 Å². The molecule has 3 N–H and O–H groups in total. The smallest absolute Gasteiger partial charge is 0.180 e. The average Bonchev–Trinajstić information content (AvgIpc) is 2.73. The quantitative estimate of drug-likeness (QED) is 0.567. The minimum absolute atomic E-state index is 0.266. The van der Waals surface area contributed by atoms with Crippen molar-refractivity contribution < 1.29 is 28.8 Å². The van der Waals surface area contributed by atoms with Crippen LogP contribution in [0.4, 0.5) is 4.39 Å². The second kappa shape index (κ2) is 11.4. The molecule has 0 aliphatic carbocycles. The molecule has 1 aliphatic rings. The Morgan fingerprint density at radius 3 is 2.59 bits per heavy atom. The monoisotopic (exact) mass is 424 g/mol. The molecule has 158 valence electrons. The summed E-state index contributed by atoms with van der Waals surface area (Å²) in [5.74, 6) is 0.904. The summed E-state index contributed by atoms with van der Waals surface area (Å²) in [5.41, 5.74) is 1.97. The van der Waals surface area contributed by atoms with Gasteiger partial charge in [-0.15, -0.1) is 0 Å². The van der Waals surface area contributed by atoms with E-state index in [1.165, 1.54) is 12.1 Å². The molecule has 2 aromatic rings. The molecule has 7 heteroatoms. The maximum absolute atomic E-state index is 13.1. The van der Waals surface area contributed by atoms with Gasteiger partial charge < -0.3 is 24.4 Å². The number of quaternary nitrogens is 2. The summed E-state index contributed by atoms with van der Waals surface area (Å²) in [6.07, 6.45) is 0. The van der Waals surface area contributed by atoms with E-state index in [0.717, 1.165) is 57.1 Å². The van der Waals surface area contributed by atoms with Gasteiger partial charge in [-0.2, -0.15) is 0 Å². The van der Waals surface area contributed by atoms with Crippen LogP contribution < -0.4 is 19.7 Å². The largest absolute Gasteiger partial charge is 0.490 e. The molecule has 3 rings (SSSR count). The zero-order valence-electron chi connectivity index (χ0n) is 16.9. The lowest BCUT2D eigenvalue weighted by molar-refractivity contribution is -0.920. The van der Waals surface area contributed by atoms with E-state index in [1.807, 2.05) is 19.1 Å². The molecule has 0 unspecified atom stereocenters. The van der Waals surface area contributed by atoms with Gasteiger partial charge in [0.05, 0.1) is 24.8 Å². The van der Waals surface area contributed by atoms with Gasteiger partial charge >= 0.3 is 0 Å². The minimum atomic E-state index is -0.266. The maximum Gasteiger partial charge on any atom is 0.180 e. The van der Waals surface area contributed by atoms with Crippen molar-refractivity contribution in [3.8, 4) is 11.5 Å². The third-order valence-corrected chi connectivity index (χ3v) is 5.23. The fraction of sp³-hybridized carbons (Fsp3) is 0.455. The van der Waals surface area contributed by atoms with Crippen LogP contribution >= 0.6 is 11.6 Å². The number of hydrogen-bond acceptors (Lipinski definition) is 3. The van der Waals surface area contributed by atoms with Crippen LogP contribution in [0.2, 0.25) is 5.02 Å². The van der Waals surface area contributed by atoms with Gasteiger partial charge in [-0.1, -0.05) is 23.7 Å². The number of ether oxygens (including phenoxy) is 3. The molecule has 0 spiro atoms. The molecule has 2 aromatic carbocycles. The summed E-state index contributed by atoms with van der Waals surface area (Å²) in [4.78, 5) is 1.60. The molecule has 0 saturated carbocycles. The van der Waals surface area contributed by atoms with Crippen molar-refractivity contribution in [1.29, 1.82) is 0 Å². The molecule has 5 nitrogen and oxygen atoms in total. The molecule has 1 heterocycles. The molecule has 0 aromatic heterocycles. The Balaban J connectivity index is 1.57. The summed E-state index contributed by atoms with van der Waals surface area (Å²) in [7, 11) is 0. The lowest BCUT2D eigenvalue weighted by atomic mass is 10.2. The van der Waals surface area contributed by atoms with E-state index in [0.29, 0.717) is 29.7 Å². The van der Waals surface area contributed by atoms with Crippen LogP contribution in [0.5, 0.6) is 11.5 Å². The Labute approximate surface area is 176 Å². The predicted octanol–water partition coefficient (Wildman–Crippen LogP) is 1.44. The van der Waals surface area contributed by atoms with Gasteiger partial charge in [0.25, 0.3) is 0 Å². The molecule has 0 radical (unpaired) electrons. The van der Waals surface area contributed by atoms with Gasteiger partial charge in [0, 0.05) is 5.56 Å². The van der Waals surface area contributed by atoms with Crippen molar-refractivity contribution in [3.63, 3.8) is 0 Å². The SMILES string of the molecule is CCOc1cc(C[NH2+]CC[NH+]2CCOCC2)cc(Cl)c1OCc1ccc(F)cc1. The molecule has 29 heavy (non-hydrogen) atoms. The Morgan fingerprint density at radius 2 is 1.86 bits per heavy atom. The van der Waals surface area contributed by atoms with E-state index < -0.39 is 0 Å². The lowest BCUT2D eigenvalue weighted by Gasteiger charge is -2.22. The highest BCUT2D eigenvalue weighted by Crippen LogP contribution is 2.37. The van der Waals surface area contributed by atoms with E-state index in [4.69, 9.17) is 25.8 Å². The third kappa shape index (κ3) is 6.85. The molecule has 1 aliphatic heterocycles. The normalized spacial score (nSPS) is 14.7. The van der Waals surface area contributed by atoms with Crippen molar-refractivity contribution in [2.45, 2.75) is 20.1 Å². The molecular formula is C22H30ClFN2O3+2. The van der Waals surface area contributed by atoms with Crippen molar-refractivity contribution in [1.82, 2.24) is 0 Å². The number of halogens is 2. The van der Waals surface area contributed by atoms with Gasteiger partial charge in [-0.25, -0.2) is 4.39 Å². The number of nitrogens with one attached hydrogen (secondary N) is 1. The van der Waals surface area contributed by atoms with Gasteiger partial charge in [0.15, 0.2) is 11.5 Å². The van der Waals surface area contributed by atoms with Crippen LogP contribution in [0.1, 0.15) is 18.1 Å². The van der Waals surface area contributed by atoms with E-state index in [-0.39, 0.29) is 5.82 Å². The van der Waals surface area contributed by atoms with E-state index >= 15 is 0 Å². The summed E-state index contributed by atoms with van der Waals surface area (Å²) in [5, 5.41) is 2.82. The third-order valence-electron chi connectivity index (χ3n) is 4.95. The Bertz CT molecular complexity index is 767. The topological polar surface area (TPSA) is 48.7 Å². The van der Waals surface area contributed by atoms with Crippen LogP contribution in [0.15, 0.2) is 36.4 Å². The molecule has 0 atom stereocenters. The first-order valence-electron chi connectivity index (χ1n) is 10.2. The Kier molecular flexibility index (Phi) is 8.55. The summed E-state index contributed by atoms with van der Waals surface area (Å²) in [6.45, 7) is 9.69. The molecular weight excluding hydrogens is 395 g/mol. The van der Waals surface area contributed by atoms with Gasteiger partial charge in [0.2, 0.25) is 0 Å².